The number of hydrogen-bond acceptors (Lipinski definition) is 6. The molecule has 2 aliphatic rings. The van der Waals surface area contributed by atoms with Gasteiger partial charge in [-0.25, -0.2) is 18.4 Å². The van der Waals surface area contributed by atoms with Crippen molar-refractivity contribution in [2.75, 3.05) is 41.7 Å². The minimum absolute atomic E-state index is 0.250. The first-order valence-electron chi connectivity index (χ1n) is 12.5. The van der Waals surface area contributed by atoms with E-state index in [0.717, 1.165) is 57.3 Å². The van der Waals surface area contributed by atoms with Gasteiger partial charge < -0.3 is 9.80 Å². The molecule has 2 fully saturated rings. The van der Waals surface area contributed by atoms with Crippen LogP contribution >= 0.6 is 0 Å². The molecule has 1 saturated carbocycles. The quantitative estimate of drug-likeness (QED) is 0.571. The molecule has 1 aromatic heterocycles. The zero-order valence-corrected chi connectivity index (χ0v) is 20.9. The van der Waals surface area contributed by atoms with Gasteiger partial charge in [-0.1, -0.05) is 25.0 Å². The van der Waals surface area contributed by atoms with Gasteiger partial charge in [0.05, 0.1) is 11.0 Å². The number of aromatic nitrogens is 2. The molecule has 1 aromatic carbocycles. The van der Waals surface area contributed by atoms with E-state index in [1.54, 1.807) is 26.2 Å². The smallest absolute Gasteiger partial charge is 0.225 e. The van der Waals surface area contributed by atoms with E-state index in [-0.39, 0.29) is 5.25 Å². The second-order valence-electron chi connectivity index (χ2n) is 9.99. The Morgan fingerprint density at radius 3 is 2.06 bits per heavy atom. The third-order valence-corrected chi connectivity index (χ3v) is 9.78. The Balaban J connectivity index is 1.19. The molecule has 0 unspecified atom stereocenters. The van der Waals surface area contributed by atoms with Crippen LogP contribution in [0.5, 0.6) is 0 Å². The highest BCUT2D eigenvalue weighted by Gasteiger charge is 2.27. The molecule has 0 amide bonds. The Morgan fingerprint density at radius 1 is 0.879 bits per heavy atom. The van der Waals surface area contributed by atoms with E-state index in [0.29, 0.717) is 11.7 Å². The molecule has 0 radical (unpaired) electrons. The molecule has 0 atom stereocenters. The fraction of sp³-hybridized carbons (Fsp3) is 0.615. The molecule has 6 nitrogen and oxygen atoms in total. The lowest BCUT2D eigenvalue weighted by molar-refractivity contribution is 0.278. The summed E-state index contributed by atoms with van der Waals surface area (Å²) in [5.74, 6) is 2.30. The first-order valence-corrected chi connectivity index (χ1v) is 14.2. The maximum atomic E-state index is 12.2. The summed E-state index contributed by atoms with van der Waals surface area (Å²) in [6.45, 7) is 7.43. The fourth-order valence-electron chi connectivity index (χ4n) is 5.07. The molecule has 0 bridgehead atoms. The van der Waals surface area contributed by atoms with Gasteiger partial charge >= 0.3 is 0 Å². The van der Waals surface area contributed by atoms with Crippen molar-refractivity contribution in [1.29, 1.82) is 0 Å². The largest absolute Gasteiger partial charge is 0.368 e. The van der Waals surface area contributed by atoms with Gasteiger partial charge in [0.1, 0.15) is 0 Å². The van der Waals surface area contributed by atoms with Gasteiger partial charge in [0.25, 0.3) is 0 Å². The fourth-order valence-corrected chi connectivity index (χ4v) is 6.45. The molecule has 0 spiro atoms. The van der Waals surface area contributed by atoms with Crippen molar-refractivity contribution >= 4 is 21.5 Å². The number of piperazine rings is 1. The summed E-state index contributed by atoms with van der Waals surface area (Å²) < 4.78 is 24.4. The standard InChI is InChI=1S/C26H38N4O2S/c1-21(2)33(31,32)20-24-8-6-22(7-9-24)4-5-23-10-12-25(13-11-23)29-16-18-30(19-17-29)26-27-14-3-15-28-26/h3,10-15,21-22,24H,4-9,16-20H2,1-2H3. The third-order valence-electron chi connectivity index (χ3n) is 7.41. The topological polar surface area (TPSA) is 66.4 Å². The molecule has 4 rings (SSSR count). The number of benzene rings is 1. The summed E-state index contributed by atoms with van der Waals surface area (Å²) in [5, 5.41) is -0.250. The number of anilines is 2. The van der Waals surface area contributed by atoms with Gasteiger partial charge in [-0.05, 0) is 75.1 Å². The van der Waals surface area contributed by atoms with Crippen molar-refractivity contribution < 1.29 is 8.42 Å². The highest BCUT2D eigenvalue weighted by Crippen LogP contribution is 2.33. The lowest BCUT2D eigenvalue weighted by Gasteiger charge is -2.36. The Labute approximate surface area is 199 Å². The van der Waals surface area contributed by atoms with Crippen LogP contribution < -0.4 is 9.80 Å². The maximum absolute atomic E-state index is 12.2. The zero-order valence-electron chi connectivity index (χ0n) is 20.1. The van der Waals surface area contributed by atoms with E-state index in [4.69, 9.17) is 0 Å². The lowest BCUT2D eigenvalue weighted by Crippen LogP contribution is -2.47. The van der Waals surface area contributed by atoms with Crippen molar-refractivity contribution in [3.8, 4) is 0 Å². The number of hydrogen-bond donors (Lipinski definition) is 0. The van der Waals surface area contributed by atoms with E-state index in [1.165, 1.54) is 30.5 Å². The van der Waals surface area contributed by atoms with Crippen molar-refractivity contribution in [3.63, 3.8) is 0 Å². The Kier molecular flexibility index (Phi) is 7.89. The molecule has 180 valence electrons. The van der Waals surface area contributed by atoms with Gasteiger partial charge in [-0.15, -0.1) is 0 Å². The maximum Gasteiger partial charge on any atom is 0.225 e. The average molecular weight is 471 g/mol. The number of sulfone groups is 1. The molecule has 1 saturated heterocycles. The number of rotatable bonds is 8. The van der Waals surface area contributed by atoms with Crippen LogP contribution in [0.4, 0.5) is 11.6 Å². The van der Waals surface area contributed by atoms with Gasteiger partial charge in [0.15, 0.2) is 9.84 Å². The molecule has 2 heterocycles. The Morgan fingerprint density at radius 2 is 1.45 bits per heavy atom. The monoisotopic (exact) mass is 470 g/mol. The van der Waals surface area contributed by atoms with Gasteiger partial charge in [-0.3, -0.25) is 0 Å². The van der Waals surface area contributed by atoms with Crippen molar-refractivity contribution in [1.82, 2.24) is 9.97 Å². The van der Waals surface area contributed by atoms with Crippen molar-refractivity contribution in [2.45, 2.75) is 57.6 Å². The number of nitrogens with zero attached hydrogens (tertiary/aromatic N) is 4. The highest BCUT2D eigenvalue weighted by atomic mass is 32.2. The van der Waals surface area contributed by atoms with Crippen molar-refractivity contribution in [2.24, 2.45) is 11.8 Å². The molecule has 7 heteroatoms. The van der Waals surface area contributed by atoms with Crippen molar-refractivity contribution in [3.05, 3.63) is 48.3 Å². The average Bonchev–Trinajstić information content (AvgIpc) is 2.84. The highest BCUT2D eigenvalue weighted by molar-refractivity contribution is 7.91. The van der Waals surface area contributed by atoms with Crippen LogP contribution in [0.15, 0.2) is 42.7 Å². The summed E-state index contributed by atoms with van der Waals surface area (Å²) in [6, 6.07) is 10.9. The molecular weight excluding hydrogens is 432 g/mol. The molecule has 1 aliphatic carbocycles. The second-order valence-corrected chi connectivity index (χ2v) is 12.6. The van der Waals surface area contributed by atoms with Gasteiger partial charge in [0.2, 0.25) is 5.95 Å². The van der Waals surface area contributed by atoms with Crippen LogP contribution in [0.3, 0.4) is 0 Å². The number of aryl methyl sites for hydroxylation is 1. The minimum Gasteiger partial charge on any atom is -0.368 e. The van der Waals surface area contributed by atoms with E-state index in [2.05, 4.69) is 44.0 Å². The Bertz CT molecular complexity index is 963. The van der Waals surface area contributed by atoms with Crippen LogP contribution in [0.25, 0.3) is 0 Å². The zero-order chi connectivity index (χ0) is 23.3. The summed E-state index contributed by atoms with van der Waals surface area (Å²) >= 11 is 0. The summed E-state index contributed by atoms with van der Waals surface area (Å²) in [5.41, 5.74) is 2.69. The predicted molar refractivity (Wildman–Crippen MR) is 136 cm³/mol. The summed E-state index contributed by atoms with van der Waals surface area (Å²) in [4.78, 5) is 13.4. The first-order chi connectivity index (χ1) is 15.9. The summed E-state index contributed by atoms with van der Waals surface area (Å²) in [7, 11) is -2.91. The van der Waals surface area contributed by atoms with E-state index < -0.39 is 9.84 Å². The van der Waals surface area contributed by atoms with Crippen LogP contribution in [0.1, 0.15) is 51.5 Å². The molecule has 1 aliphatic heterocycles. The summed E-state index contributed by atoms with van der Waals surface area (Å²) in [6.07, 6.45) is 10.4. The van der Waals surface area contributed by atoms with Crippen LogP contribution in [0, 0.1) is 11.8 Å². The molecule has 33 heavy (non-hydrogen) atoms. The normalized spacial score (nSPS) is 22.0. The van der Waals surface area contributed by atoms with E-state index in [1.807, 2.05) is 6.07 Å². The van der Waals surface area contributed by atoms with Gasteiger partial charge in [0, 0.05) is 44.3 Å². The molecule has 2 aromatic rings. The second kappa shape index (κ2) is 10.9. The van der Waals surface area contributed by atoms with Crippen LogP contribution in [0.2, 0.25) is 0 Å². The minimum atomic E-state index is -2.91. The van der Waals surface area contributed by atoms with Crippen LogP contribution in [-0.4, -0.2) is 55.6 Å². The first kappa shape index (κ1) is 24.0. The van der Waals surface area contributed by atoms with Gasteiger partial charge in [-0.2, -0.15) is 0 Å². The SMILES string of the molecule is CC(C)S(=O)(=O)CC1CCC(CCc2ccc(N3CCN(c4ncccn4)CC3)cc2)CC1. The van der Waals surface area contributed by atoms with E-state index >= 15 is 0 Å². The van der Waals surface area contributed by atoms with E-state index in [9.17, 15) is 8.42 Å². The predicted octanol–water partition coefficient (Wildman–Crippen LogP) is 4.37. The lowest BCUT2D eigenvalue weighted by atomic mass is 9.80. The molecular formula is C26H38N4O2S. The third kappa shape index (κ3) is 6.46. The Hall–Kier alpha value is -2.15. The molecule has 0 N–H and O–H groups in total. The van der Waals surface area contributed by atoms with Crippen LogP contribution in [-0.2, 0) is 16.3 Å².